The first-order chi connectivity index (χ1) is 15.4. The summed E-state index contributed by atoms with van der Waals surface area (Å²) in [6.07, 6.45) is 0.678. The molecule has 2 atom stereocenters. The van der Waals surface area contributed by atoms with E-state index in [1.54, 1.807) is 63.8 Å². The Morgan fingerprint density at radius 2 is 1.81 bits per heavy atom. The van der Waals surface area contributed by atoms with Crippen molar-refractivity contribution < 1.29 is 27.4 Å². The Morgan fingerprint density at radius 1 is 1.06 bits per heavy atom. The van der Waals surface area contributed by atoms with Gasteiger partial charge in [0.2, 0.25) is 15.9 Å². The minimum atomic E-state index is -3.74. The molecule has 8 nitrogen and oxygen atoms in total. The summed E-state index contributed by atoms with van der Waals surface area (Å²) in [5, 5.41) is 2.93. The van der Waals surface area contributed by atoms with Gasteiger partial charge in [-0.3, -0.25) is 4.79 Å². The van der Waals surface area contributed by atoms with Gasteiger partial charge in [0.05, 0.1) is 25.0 Å². The van der Waals surface area contributed by atoms with Crippen LogP contribution in [0.3, 0.4) is 0 Å². The van der Waals surface area contributed by atoms with Gasteiger partial charge in [0.1, 0.15) is 11.5 Å². The summed E-state index contributed by atoms with van der Waals surface area (Å²) >= 11 is 0. The van der Waals surface area contributed by atoms with Crippen LogP contribution in [0, 0.1) is 5.92 Å². The van der Waals surface area contributed by atoms with Crippen molar-refractivity contribution in [2.24, 2.45) is 5.92 Å². The largest absolute Gasteiger partial charge is 0.497 e. The first-order valence-corrected chi connectivity index (χ1v) is 11.9. The molecule has 1 saturated heterocycles. The van der Waals surface area contributed by atoms with Crippen molar-refractivity contribution >= 4 is 15.9 Å². The van der Waals surface area contributed by atoms with Crippen LogP contribution in [0.4, 0.5) is 0 Å². The summed E-state index contributed by atoms with van der Waals surface area (Å²) in [7, 11) is 0.980. The van der Waals surface area contributed by atoms with E-state index in [4.69, 9.17) is 14.2 Å². The van der Waals surface area contributed by atoms with Crippen LogP contribution in [-0.4, -0.2) is 66.2 Å². The van der Waals surface area contributed by atoms with Gasteiger partial charge in [-0.15, -0.1) is 0 Å². The molecular formula is C23H30N2O6S. The topological polar surface area (TPSA) is 94.2 Å². The fourth-order valence-electron chi connectivity index (χ4n) is 3.97. The highest BCUT2D eigenvalue weighted by atomic mass is 32.2. The van der Waals surface area contributed by atoms with Crippen molar-refractivity contribution in [2.75, 3.05) is 47.6 Å². The van der Waals surface area contributed by atoms with Gasteiger partial charge in [0, 0.05) is 45.3 Å². The highest BCUT2D eigenvalue weighted by Crippen LogP contribution is 2.41. The normalized spacial score (nSPS) is 19.0. The summed E-state index contributed by atoms with van der Waals surface area (Å²) in [6.45, 7) is 1.26. The van der Waals surface area contributed by atoms with Crippen LogP contribution in [0.2, 0.25) is 0 Å². The summed E-state index contributed by atoms with van der Waals surface area (Å²) in [5.74, 6) is 0.0771. The predicted octanol–water partition coefficient (Wildman–Crippen LogP) is 2.26. The zero-order chi connectivity index (χ0) is 23.1. The number of rotatable bonds is 10. The molecule has 0 bridgehead atoms. The van der Waals surface area contributed by atoms with Gasteiger partial charge in [0.25, 0.3) is 0 Å². The maximum absolute atomic E-state index is 13.3. The number of carbonyl (C=O) groups excluding carboxylic acids is 1. The maximum Gasteiger partial charge on any atom is 0.243 e. The number of amides is 1. The Balaban J connectivity index is 1.92. The lowest BCUT2D eigenvalue weighted by atomic mass is 9.87. The summed E-state index contributed by atoms with van der Waals surface area (Å²) in [6, 6.07) is 13.7. The summed E-state index contributed by atoms with van der Waals surface area (Å²) in [4.78, 5) is 13.3. The lowest BCUT2D eigenvalue weighted by Gasteiger charge is -2.21. The molecule has 0 radical (unpaired) electrons. The van der Waals surface area contributed by atoms with Gasteiger partial charge >= 0.3 is 0 Å². The molecule has 1 aliphatic heterocycles. The molecule has 32 heavy (non-hydrogen) atoms. The van der Waals surface area contributed by atoms with E-state index in [1.807, 2.05) is 6.07 Å². The molecule has 3 rings (SSSR count). The van der Waals surface area contributed by atoms with Gasteiger partial charge < -0.3 is 19.5 Å². The second-order valence-corrected chi connectivity index (χ2v) is 9.53. The Morgan fingerprint density at radius 3 is 2.47 bits per heavy atom. The Labute approximate surface area is 189 Å². The molecule has 0 spiro atoms. The quantitative estimate of drug-likeness (QED) is 0.545. The number of hydrogen-bond donors (Lipinski definition) is 1. The second kappa shape index (κ2) is 10.8. The van der Waals surface area contributed by atoms with Gasteiger partial charge in [-0.2, -0.15) is 4.31 Å². The van der Waals surface area contributed by atoms with Crippen LogP contribution in [0.1, 0.15) is 17.9 Å². The van der Waals surface area contributed by atoms with Gasteiger partial charge in [-0.25, -0.2) is 8.42 Å². The molecule has 0 aliphatic carbocycles. The SMILES string of the molecule is COCCCNC(=O)[C@@H]1CN(S(=O)(=O)c2ccccc2)C[C@@H]1c1ccc(OC)cc1OC. The smallest absolute Gasteiger partial charge is 0.243 e. The van der Waals surface area contributed by atoms with Crippen molar-refractivity contribution in [3.05, 3.63) is 54.1 Å². The van der Waals surface area contributed by atoms with Gasteiger partial charge in [-0.1, -0.05) is 24.3 Å². The third kappa shape index (κ3) is 5.23. The van der Waals surface area contributed by atoms with E-state index in [0.717, 1.165) is 5.56 Å². The molecule has 9 heteroatoms. The van der Waals surface area contributed by atoms with E-state index in [9.17, 15) is 13.2 Å². The van der Waals surface area contributed by atoms with Crippen molar-refractivity contribution in [3.63, 3.8) is 0 Å². The minimum Gasteiger partial charge on any atom is -0.497 e. The molecular weight excluding hydrogens is 432 g/mol. The van der Waals surface area contributed by atoms with Crippen LogP contribution in [0.25, 0.3) is 0 Å². The first kappa shape index (κ1) is 24.0. The number of sulfonamides is 1. The molecule has 1 fully saturated rings. The maximum atomic E-state index is 13.3. The number of hydrogen-bond acceptors (Lipinski definition) is 6. The minimum absolute atomic E-state index is 0.0905. The molecule has 174 valence electrons. The van der Waals surface area contributed by atoms with Crippen LogP contribution in [0.5, 0.6) is 11.5 Å². The highest BCUT2D eigenvalue weighted by molar-refractivity contribution is 7.89. The zero-order valence-corrected chi connectivity index (χ0v) is 19.4. The zero-order valence-electron chi connectivity index (χ0n) is 18.6. The molecule has 0 unspecified atom stereocenters. The molecule has 1 aliphatic rings. The van der Waals surface area contributed by atoms with Gasteiger partial charge in [-0.05, 0) is 30.2 Å². The Kier molecular flexibility index (Phi) is 8.11. The van der Waals surface area contributed by atoms with Crippen LogP contribution >= 0.6 is 0 Å². The number of nitrogens with zero attached hydrogens (tertiary/aromatic N) is 1. The van der Waals surface area contributed by atoms with Crippen molar-refractivity contribution in [2.45, 2.75) is 17.2 Å². The number of benzene rings is 2. The van der Waals surface area contributed by atoms with Crippen LogP contribution in [0.15, 0.2) is 53.4 Å². The second-order valence-electron chi connectivity index (χ2n) is 7.59. The molecule has 1 amide bonds. The lowest BCUT2D eigenvalue weighted by molar-refractivity contribution is -0.124. The molecule has 2 aromatic rings. The molecule has 2 aromatic carbocycles. The molecule has 0 aromatic heterocycles. The van der Waals surface area contributed by atoms with E-state index in [-0.39, 0.29) is 29.8 Å². The standard InChI is InChI=1S/C23H30N2O6S/c1-29-13-7-12-24-23(26)21-16-25(32(27,28)18-8-5-4-6-9-18)15-20(21)19-11-10-17(30-2)14-22(19)31-3/h4-6,8-11,14,20-21H,7,12-13,15-16H2,1-3H3,(H,24,26)/t20-,21-/m1/s1. The average molecular weight is 463 g/mol. The highest BCUT2D eigenvalue weighted by Gasteiger charge is 2.44. The predicted molar refractivity (Wildman–Crippen MR) is 120 cm³/mol. The third-order valence-corrected chi connectivity index (χ3v) is 7.51. The van der Waals surface area contributed by atoms with E-state index >= 15 is 0 Å². The fraction of sp³-hybridized carbons (Fsp3) is 0.435. The Bertz CT molecular complexity index is 1010. The fourth-order valence-corrected chi connectivity index (χ4v) is 5.48. The van der Waals surface area contributed by atoms with Crippen molar-refractivity contribution in [1.82, 2.24) is 9.62 Å². The first-order valence-electron chi connectivity index (χ1n) is 10.5. The molecule has 1 N–H and O–H groups in total. The molecule has 1 heterocycles. The number of carbonyl (C=O) groups is 1. The van der Waals surface area contributed by atoms with Crippen molar-refractivity contribution in [3.8, 4) is 11.5 Å². The van der Waals surface area contributed by atoms with Crippen LogP contribution in [-0.2, 0) is 19.6 Å². The Hall–Kier alpha value is -2.62. The van der Waals surface area contributed by atoms with E-state index < -0.39 is 15.9 Å². The third-order valence-electron chi connectivity index (χ3n) is 5.67. The van der Waals surface area contributed by atoms with Crippen LogP contribution < -0.4 is 14.8 Å². The number of nitrogens with one attached hydrogen (secondary N) is 1. The lowest BCUT2D eigenvalue weighted by Crippen LogP contribution is -2.36. The summed E-state index contributed by atoms with van der Waals surface area (Å²) < 4.78 is 43.8. The van der Waals surface area contributed by atoms with E-state index in [2.05, 4.69) is 5.32 Å². The summed E-state index contributed by atoms with van der Waals surface area (Å²) in [5.41, 5.74) is 0.774. The van der Waals surface area contributed by atoms with E-state index in [1.165, 1.54) is 4.31 Å². The average Bonchev–Trinajstić information content (AvgIpc) is 3.28. The molecule has 0 saturated carbocycles. The number of methoxy groups -OCH3 is 3. The van der Waals surface area contributed by atoms with Gasteiger partial charge in [0.15, 0.2) is 0 Å². The monoisotopic (exact) mass is 462 g/mol. The number of ether oxygens (including phenoxy) is 3. The van der Waals surface area contributed by atoms with Crippen molar-refractivity contribution in [1.29, 1.82) is 0 Å². The van der Waals surface area contributed by atoms with E-state index in [0.29, 0.717) is 31.1 Å².